The quantitative estimate of drug-likeness (QED) is 0.572. The Kier molecular flexibility index (Phi) is 3.83. The SMILES string of the molecule is Cc1nc(NCc2cccc(C(F)(F)F)c2)c2cc(O)c3nncn3c2n1. The summed E-state index contributed by atoms with van der Waals surface area (Å²) >= 11 is 0. The van der Waals surface area contributed by atoms with Gasteiger partial charge < -0.3 is 10.4 Å². The summed E-state index contributed by atoms with van der Waals surface area (Å²) in [6, 6.07) is 6.50. The van der Waals surface area contributed by atoms with Crippen molar-refractivity contribution in [2.45, 2.75) is 19.6 Å². The molecule has 3 aromatic heterocycles. The third-order valence-electron chi connectivity index (χ3n) is 4.04. The third kappa shape index (κ3) is 3.09. The Morgan fingerprint density at radius 2 is 1.96 bits per heavy atom. The van der Waals surface area contributed by atoms with Crippen LogP contribution in [0.1, 0.15) is 17.0 Å². The van der Waals surface area contributed by atoms with Crippen LogP contribution in [0.5, 0.6) is 5.75 Å². The van der Waals surface area contributed by atoms with Crippen molar-refractivity contribution in [1.82, 2.24) is 24.6 Å². The molecule has 138 valence electrons. The lowest BCUT2D eigenvalue weighted by molar-refractivity contribution is -0.137. The van der Waals surface area contributed by atoms with Gasteiger partial charge >= 0.3 is 6.18 Å². The van der Waals surface area contributed by atoms with Gasteiger partial charge in [-0.15, -0.1) is 10.2 Å². The lowest BCUT2D eigenvalue weighted by Crippen LogP contribution is -2.08. The number of nitrogens with zero attached hydrogens (tertiary/aromatic N) is 5. The number of hydrogen-bond acceptors (Lipinski definition) is 6. The minimum atomic E-state index is -4.40. The molecule has 0 aliphatic heterocycles. The number of hydrogen-bond donors (Lipinski definition) is 2. The highest BCUT2D eigenvalue weighted by Crippen LogP contribution is 2.30. The van der Waals surface area contributed by atoms with Gasteiger partial charge in [0.15, 0.2) is 11.4 Å². The maximum Gasteiger partial charge on any atom is 0.416 e. The first kappa shape index (κ1) is 17.0. The highest BCUT2D eigenvalue weighted by molar-refractivity contribution is 5.90. The van der Waals surface area contributed by atoms with Crippen molar-refractivity contribution in [2.75, 3.05) is 5.32 Å². The van der Waals surface area contributed by atoms with Crippen molar-refractivity contribution >= 4 is 22.5 Å². The van der Waals surface area contributed by atoms with Gasteiger partial charge in [0.1, 0.15) is 18.0 Å². The van der Waals surface area contributed by atoms with E-state index in [9.17, 15) is 18.3 Å². The van der Waals surface area contributed by atoms with Crippen molar-refractivity contribution < 1.29 is 18.3 Å². The van der Waals surface area contributed by atoms with Crippen LogP contribution in [0.2, 0.25) is 0 Å². The van der Waals surface area contributed by atoms with Crippen molar-refractivity contribution in [3.63, 3.8) is 0 Å². The van der Waals surface area contributed by atoms with E-state index in [1.54, 1.807) is 13.0 Å². The van der Waals surface area contributed by atoms with Crippen LogP contribution >= 0.6 is 0 Å². The average molecular weight is 374 g/mol. The molecule has 0 radical (unpaired) electrons. The Balaban J connectivity index is 1.73. The monoisotopic (exact) mass is 374 g/mol. The molecule has 4 rings (SSSR count). The van der Waals surface area contributed by atoms with E-state index in [0.29, 0.717) is 28.2 Å². The highest BCUT2D eigenvalue weighted by Gasteiger charge is 2.30. The first-order chi connectivity index (χ1) is 12.8. The summed E-state index contributed by atoms with van der Waals surface area (Å²) in [7, 11) is 0. The molecule has 1 aromatic carbocycles. The van der Waals surface area contributed by atoms with Gasteiger partial charge in [-0.3, -0.25) is 4.40 Å². The van der Waals surface area contributed by atoms with Crippen LogP contribution < -0.4 is 5.32 Å². The summed E-state index contributed by atoms with van der Waals surface area (Å²) in [5.74, 6) is 0.741. The number of rotatable bonds is 3. The summed E-state index contributed by atoms with van der Waals surface area (Å²) in [5.41, 5.74) is 0.467. The molecular weight excluding hydrogens is 361 g/mol. The summed E-state index contributed by atoms with van der Waals surface area (Å²) in [6.07, 6.45) is -2.99. The van der Waals surface area contributed by atoms with E-state index in [1.165, 1.54) is 22.9 Å². The second kappa shape index (κ2) is 6.08. The molecule has 0 atom stereocenters. The van der Waals surface area contributed by atoms with Gasteiger partial charge in [-0.25, -0.2) is 9.97 Å². The number of aryl methyl sites for hydroxylation is 1. The number of pyridine rings is 1. The van der Waals surface area contributed by atoms with Crippen molar-refractivity contribution in [2.24, 2.45) is 0 Å². The van der Waals surface area contributed by atoms with E-state index in [1.807, 2.05) is 0 Å². The van der Waals surface area contributed by atoms with Crippen molar-refractivity contribution in [3.8, 4) is 5.75 Å². The largest absolute Gasteiger partial charge is 0.504 e. The van der Waals surface area contributed by atoms with Crippen LogP contribution in [0.25, 0.3) is 16.7 Å². The van der Waals surface area contributed by atoms with Crippen LogP contribution in [-0.4, -0.2) is 29.7 Å². The molecule has 3 heterocycles. The number of benzene rings is 1. The molecule has 0 spiro atoms. The molecule has 0 aliphatic carbocycles. The van der Waals surface area contributed by atoms with Gasteiger partial charge in [0, 0.05) is 6.54 Å². The first-order valence-electron chi connectivity index (χ1n) is 7.93. The number of alkyl halides is 3. The summed E-state index contributed by atoms with van der Waals surface area (Å²) in [6.45, 7) is 1.81. The molecule has 10 heteroatoms. The smallest absolute Gasteiger partial charge is 0.416 e. The fraction of sp³-hybridized carbons (Fsp3) is 0.176. The lowest BCUT2D eigenvalue weighted by Gasteiger charge is -2.12. The predicted molar refractivity (Wildman–Crippen MR) is 91.3 cm³/mol. The van der Waals surface area contributed by atoms with Gasteiger partial charge in [0.05, 0.1) is 10.9 Å². The van der Waals surface area contributed by atoms with Gasteiger partial charge in [0.2, 0.25) is 5.65 Å². The van der Waals surface area contributed by atoms with Crippen LogP contribution in [0.3, 0.4) is 0 Å². The molecule has 0 fully saturated rings. The topological polar surface area (TPSA) is 88.2 Å². The second-order valence-electron chi connectivity index (χ2n) is 5.96. The van der Waals surface area contributed by atoms with E-state index in [-0.39, 0.29) is 17.9 Å². The molecular formula is C17H13F3N6O. The number of aromatic nitrogens is 5. The maximum atomic E-state index is 12.9. The van der Waals surface area contributed by atoms with Crippen LogP contribution in [0.15, 0.2) is 36.7 Å². The zero-order valence-corrected chi connectivity index (χ0v) is 14.0. The third-order valence-corrected chi connectivity index (χ3v) is 4.04. The van der Waals surface area contributed by atoms with Gasteiger partial charge in [-0.2, -0.15) is 13.2 Å². The molecule has 0 aliphatic rings. The Morgan fingerprint density at radius 1 is 1.15 bits per heavy atom. The van der Waals surface area contributed by atoms with Gasteiger partial charge in [0.25, 0.3) is 0 Å². The maximum absolute atomic E-state index is 12.9. The summed E-state index contributed by atoms with van der Waals surface area (Å²) < 4.78 is 40.1. The van der Waals surface area contributed by atoms with Crippen LogP contribution in [0.4, 0.5) is 19.0 Å². The van der Waals surface area contributed by atoms with Crippen molar-refractivity contribution in [3.05, 3.63) is 53.6 Å². The Bertz CT molecular complexity index is 1150. The van der Waals surface area contributed by atoms with E-state index in [0.717, 1.165) is 12.1 Å². The molecule has 4 aromatic rings. The average Bonchev–Trinajstić information content (AvgIpc) is 3.11. The van der Waals surface area contributed by atoms with E-state index in [2.05, 4.69) is 25.5 Å². The van der Waals surface area contributed by atoms with Crippen molar-refractivity contribution in [1.29, 1.82) is 0 Å². The number of halogens is 3. The van der Waals surface area contributed by atoms with E-state index >= 15 is 0 Å². The Hall–Kier alpha value is -3.43. The zero-order valence-electron chi connectivity index (χ0n) is 14.0. The second-order valence-corrected chi connectivity index (χ2v) is 5.96. The molecule has 0 saturated heterocycles. The predicted octanol–water partition coefficient (Wildman–Crippen LogP) is 3.32. The standard InChI is InChI=1S/C17H13F3N6O/c1-9-23-14(21-7-10-3-2-4-11(5-10)17(18,19)20)12-6-13(27)16-25-22-8-26(16)15(12)24-9/h2-6,8,27H,7H2,1H3,(H,21,23,24). The number of nitrogens with one attached hydrogen (secondary N) is 1. The highest BCUT2D eigenvalue weighted by atomic mass is 19.4. The minimum absolute atomic E-state index is 0.102. The molecule has 0 bridgehead atoms. The van der Waals surface area contributed by atoms with Gasteiger partial charge in [-0.1, -0.05) is 12.1 Å². The molecule has 2 N–H and O–H groups in total. The number of fused-ring (bicyclic) bond motifs is 3. The van der Waals surface area contributed by atoms with Crippen LogP contribution in [-0.2, 0) is 12.7 Å². The molecule has 7 nitrogen and oxygen atoms in total. The van der Waals surface area contributed by atoms with Crippen LogP contribution in [0, 0.1) is 6.92 Å². The Labute approximate surface area is 150 Å². The summed E-state index contributed by atoms with van der Waals surface area (Å²) in [4.78, 5) is 8.66. The fourth-order valence-electron chi connectivity index (χ4n) is 2.83. The first-order valence-corrected chi connectivity index (χ1v) is 7.93. The number of anilines is 1. The normalized spacial score (nSPS) is 12.0. The molecule has 27 heavy (non-hydrogen) atoms. The zero-order chi connectivity index (χ0) is 19.2. The lowest BCUT2D eigenvalue weighted by atomic mass is 10.1. The summed E-state index contributed by atoms with van der Waals surface area (Å²) in [5, 5.41) is 21.2. The van der Waals surface area contributed by atoms with Gasteiger partial charge in [-0.05, 0) is 30.7 Å². The number of aromatic hydroxyl groups is 1. The minimum Gasteiger partial charge on any atom is -0.504 e. The van der Waals surface area contributed by atoms with E-state index in [4.69, 9.17) is 0 Å². The fourth-order valence-corrected chi connectivity index (χ4v) is 2.83. The molecule has 0 amide bonds. The van der Waals surface area contributed by atoms with E-state index < -0.39 is 11.7 Å². The molecule has 0 unspecified atom stereocenters. The molecule has 0 saturated carbocycles. The Morgan fingerprint density at radius 3 is 2.74 bits per heavy atom.